The Kier molecular flexibility index (Phi) is 15.6. The van der Waals surface area contributed by atoms with Gasteiger partial charge in [0.2, 0.25) is 6.29 Å². The number of aromatic hydroxyl groups is 2. The van der Waals surface area contributed by atoms with Gasteiger partial charge in [-0.3, -0.25) is 10.1 Å². The van der Waals surface area contributed by atoms with E-state index in [4.69, 9.17) is 24.9 Å². The number of carbonyl (C=O) groups is 1. The van der Waals surface area contributed by atoms with E-state index < -0.39 is 29.9 Å². The average molecular weight is 937 g/mol. The third-order valence-corrected chi connectivity index (χ3v) is 16.5. The van der Waals surface area contributed by atoms with Crippen molar-refractivity contribution in [2.24, 2.45) is 34.4 Å². The molecule has 1 spiro atoms. The number of Topliss-reactive ketones (excluding diaryl/α,β-unsaturated/α-hetero) is 1. The molecule has 1 saturated carbocycles. The van der Waals surface area contributed by atoms with Crippen molar-refractivity contribution in [1.82, 2.24) is 10.6 Å². The monoisotopic (exact) mass is 936 g/mol. The van der Waals surface area contributed by atoms with Crippen LogP contribution >= 0.6 is 21.6 Å². The van der Waals surface area contributed by atoms with Gasteiger partial charge in [0.15, 0.2) is 29.0 Å². The topological polar surface area (TPSA) is 188 Å². The first-order valence-electron chi connectivity index (χ1n) is 23.5. The number of methoxy groups -OCH3 is 1. The Morgan fingerprint density at radius 3 is 2.65 bits per heavy atom. The van der Waals surface area contributed by atoms with E-state index >= 15 is 0 Å². The average Bonchev–Trinajstić information content (AvgIpc) is 3.28. The predicted octanol–water partition coefficient (Wildman–Crippen LogP) is 6.58. The summed E-state index contributed by atoms with van der Waals surface area (Å²) in [5, 5.41) is 51.9. The maximum absolute atomic E-state index is 13.3. The van der Waals surface area contributed by atoms with E-state index in [2.05, 4.69) is 60.3 Å². The van der Waals surface area contributed by atoms with Crippen molar-refractivity contribution in [1.29, 1.82) is 0 Å². The number of nitrogens with one attached hydrogen (secondary N) is 2. The zero-order valence-corrected chi connectivity index (χ0v) is 39.9. The Morgan fingerprint density at radius 1 is 0.985 bits per heavy atom. The molecule has 3 aromatic rings. The minimum atomic E-state index is -1.21. The minimum absolute atomic E-state index is 0.00995. The van der Waals surface area contributed by atoms with Crippen molar-refractivity contribution in [3.63, 3.8) is 0 Å². The lowest BCUT2D eigenvalue weighted by atomic mass is 9.72. The highest BCUT2D eigenvalue weighted by atomic mass is 33.1. The number of nitrogens with zero attached hydrogens (tertiary/aromatic N) is 1. The number of ketones is 1. The number of carbonyl (C=O) groups excluding carboxylic acids is 1. The van der Waals surface area contributed by atoms with Crippen molar-refractivity contribution >= 4 is 33.3 Å². The zero-order chi connectivity index (χ0) is 46.4. The molecule has 4 heterocycles. The summed E-state index contributed by atoms with van der Waals surface area (Å²) in [6, 6.07) is 12.5. The van der Waals surface area contributed by atoms with Gasteiger partial charge in [0.1, 0.15) is 18.3 Å². The SMILES string of the molecule is COc1c(O)ccc2c1C#CCc1cc(c3c4c1OCN[C@@]1(CC#C[C@H]5NC(N)=N[C@H](C(C)C)CSSC[C@H]5[C@H](C3)[C@@H](O)O4)CCC[C@H](Cc3cccc(O)c3)C1)CC[C@@H](O)CC(=O)CC2. The van der Waals surface area contributed by atoms with E-state index in [0.29, 0.717) is 72.7 Å². The second-order valence-corrected chi connectivity index (χ2v) is 21.6. The highest BCUT2D eigenvalue weighted by Gasteiger charge is 2.43. The van der Waals surface area contributed by atoms with Gasteiger partial charge in [-0.05, 0) is 98.1 Å². The van der Waals surface area contributed by atoms with Gasteiger partial charge in [0, 0.05) is 65.7 Å². The van der Waals surface area contributed by atoms with Gasteiger partial charge >= 0.3 is 0 Å². The van der Waals surface area contributed by atoms with Crippen molar-refractivity contribution in [3.05, 3.63) is 75.8 Å². The van der Waals surface area contributed by atoms with E-state index in [9.17, 15) is 25.2 Å². The van der Waals surface area contributed by atoms with Crippen molar-refractivity contribution in [3.8, 4) is 52.4 Å². The summed E-state index contributed by atoms with van der Waals surface area (Å²) in [5.74, 6) is 17.0. The van der Waals surface area contributed by atoms with Crippen LogP contribution in [-0.2, 0) is 36.9 Å². The number of ether oxygens (including phenoxy) is 3. The van der Waals surface area contributed by atoms with Crippen LogP contribution in [0.1, 0.15) is 98.6 Å². The number of phenolic OH excluding ortho intramolecular Hbond substituents is 2. The third-order valence-electron chi connectivity index (χ3n) is 14.0. The van der Waals surface area contributed by atoms with Crippen LogP contribution in [0.3, 0.4) is 0 Å². The number of fused-ring (bicyclic) bond motifs is 7. The number of aliphatic imine (C=N–C) groups is 1. The van der Waals surface area contributed by atoms with Gasteiger partial charge in [-0.15, -0.1) is 0 Å². The van der Waals surface area contributed by atoms with Gasteiger partial charge in [0.05, 0.1) is 30.9 Å². The number of phenols is 2. The molecule has 0 radical (unpaired) electrons. The summed E-state index contributed by atoms with van der Waals surface area (Å²) < 4.78 is 19.2. The molecular weight excluding hydrogens is 873 g/mol. The van der Waals surface area contributed by atoms with Crippen LogP contribution in [-0.4, -0.2) is 87.5 Å². The van der Waals surface area contributed by atoms with Crippen LogP contribution in [0.4, 0.5) is 0 Å². The van der Waals surface area contributed by atoms with Gasteiger partial charge in [-0.1, -0.05) is 89.8 Å². The highest BCUT2D eigenvalue weighted by Crippen LogP contribution is 2.47. The largest absolute Gasteiger partial charge is 0.508 e. The van der Waals surface area contributed by atoms with Gasteiger partial charge < -0.3 is 45.7 Å². The molecule has 4 aliphatic heterocycles. The molecule has 6 bridgehead atoms. The van der Waals surface area contributed by atoms with Crippen molar-refractivity contribution in [2.45, 2.75) is 127 Å². The molecule has 8 N–H and O–H groups in total. The quantitative estimate of drug-likeness (QED) is 0.110. The lowest BCUT2D eigenvalue weighted by Gasteiger charge is -2.42. The molecule has 1 fully saturated rings. The Hall–Kier alpha value is -4.70. The minimum Gasteiger partial charge on any atom is -0.508 e. The number of benzene rings is 3. The zero-order valence-electron chi connectivity index (χ0n) is 38.2. The number of hydrogen-bond acceptors (Lipinski definition) is 14. The van der Waals surface area contributed by atoms with Crippen LogP contribution in [0.2, 0.25) is 0 Å². The molecule has 0 aromatic heterocycles. The van der Waals surface area contributed by atoms with Crippen LogP contribution in [0, 0.1) is 47.4 Å². The molecule has 66 heavy (non-hydrogen) atoms. The van der Waals surface area contributed by atoms with Crippen molar-refractivity contribution < 1.29 is 39.4 Å². The third kappa shape index (κ3) is 11.3. The summed E-state index contributed by atoms with van der Waals surface area (Å²) in [7, 11) is 5.01. The second-order valence-electron chi connectivity index (χ2n) is 19.0. The number of nitrogens with two attached hydrogens (primary N) is 1. The first kappa shape index (κ1) is 47.8. The molecule has 352 valence electrons. The van der Waals surface area contributed by atoms with Crippen LogP contribution < -0.4 is 30.6 Å². The normalized spacial score (nSPS) is 28.4. The predicted molar refractivity (Wildman–Crippen MR) is 261 cm³/mol. The molecule has 12 nitrogen and oxygen atoms in total. The summed E-state index contributed by atoms with van der Waals surface area (Å²) in [6.07, 6.45) is 5.18. The maximum Gasteiger partial charge on any atom is 0.201 e. The molecule has 0 unspecified atom stereocenters. The van der Waals surface area contributed by atoms with E-state index in [1.807, 2.05) is 12.1 Å². The summed E-state index contributed by atoms with van der Waals surface area (Å²) >= 11 is 0. The lowest BCUT2D eigenvalue weighted by Crippen LogP contribution is -2.52. The molecule has 9 rings (SSSR count). The molecule has 0 amide bonds. The number of aliphatic hydroxyl groups is 2. The second kappa shape index (κ2) is 21.5. The Balaban J connectivity index is 1.24. The Labute approximate surface area is 397 Å². The van der Waals surface area contributed by atoms with E-state index in [0.717, 1.165) is 65.7 Å². The lowest BCUT2D eigenvalue weighted by molar-refractivity contribution is -0.121. The summed E-state index contributed by atoms with van der Waals surface area (Å²) in [6.45, 7) is 4.45. The Bertz CT molecular complexity index is 2410. The number of hydrogen-bond donors (Lipinski definition) is 7. The van der Waals surface area contributed by atoms with Crippen molar-refractivity contribution in [2.75, 3.05) is 25.3 Å². The maximum atomic E-state index is 13.3. The Morgan fingerprint density at radius 2 is 1.83 bits per heavy atom. The van der Waals surface area contributed by atoms with Gasteiger partial charge in [-0.25, -0.2) is 4.99 Å². The summed E-state index contributed by atoms with van der Waals surface area (Å²) in [4.78, 5) is 18.2. The standard InChI is InChI=1S/C52H64N4O8S2/c1-31(2)45-29-66-65-28-43-42-26-41-35-15-18-39(59)25-38(58)17-14-34-16-19-46(60)48(62-3)40(34)12-5-10-36(24-35)47(49(41)64-50(42)61)63-30-54-52(21-7-13-44(43)55-51(53)56-45)20-6-9-33(27-52)22-32-8-4-11-37(57)23-32/h4,8,11,16,19,23-24,31,33,39,42-45,50,54,57,59-61H,6,9-10,14-15,17-18,20-22,25-30H2,1-3H3,(H3,53,55,56)/t33-,39-,42+,43+,44-,45+,50+,52-/m1/s1. The highest BCUT2D eigenvalue weighted by molar-refractivity contribution is 8.76. The fourth-order valence-electron chi connectivity index (χ4n) is 10.4. The van der Waals surface area contributed by atoms with E-state index in [1.54, 1.807) is 39.8 Å². The fourth-order valence-corrected chi connectivity index (χ4v) is 13.2. The van der Waals surface area contributed by atoms with E-state index in [-0.39, 0.29) is 61.0 Å². The number of rotatable bonds is 4. The van der Waals surface area contributed by atoms with Crippen LogP contribution in [0.15, 0.2) is 47.5 Å². The van der Waals surface area contributed by atoms with Crippen LogP contribution in [0.25, 0.3) is 0 Å². The number of aliphatic hydroxyl groups excluding tert-OH is 2. The van der Waals surface area contributed by atoms with Crippen LogP contribution in [0.5, 0.6) is 28.7 Å². The van der Waals surface area contributed by atoms with Gasteiger partial charge in [-0.2, -0.15) is 0 Å². The van der Waals surface area contributed by atoms with E-state index in [1.165, 1.54) is 7.11 Å². The first-order valence-corrected chi connectivity index (χ1v) is 26.0. The molecule has 2 aliphatic carbocycles. The molecule has 14 heteroatoms. The first-order chi connectivity index (χ1) is 31.9. The number of aryl methyl sites for hydroxylation is 2. The molecule has 3 aromatic carbocycles. The fraction of sp³-hybridized carbons (Fsp3) is 0.538. The summed E-state index contributed by atoms with van der Waals surface area (Å²) in [5.41, 5.74) is 11.3. The molecule has 6 aliphatic rings. The smallest absolute Gasteiger partial charge is 0.201 e. The molecule has 0 saturated heterocycles. The van der Waals surface area contributed by atoms with Gasteiger partial charge in [0.25, 0.3) is 0 Å². The molecule has 8 atom stereocenters. The number of guanidine groups is 1. The molecular formula is C52H64N4O8S2.